The zero-order valence-electron chi connectivity index (χ0n) is 8.03. The first-order valence-corrected chi connectivity index (χ1v) is 6.89. The Balaban J connectivity index is 1.67. The van der Waals surface area contributed by atoms with Gasteiger partial charge < -0.3 is 0 Å². The van der Waals surface area contributed by atoms with Crippen molar-refractivity contribution in [2.24, 2.45) is 0 Å². The molecule has 2 aliphatic rings. The summed E-state index contributed by atoms with van der Waals surface area (Å²) in [5.41, 5.74) is 0. The minimum absolute atomic E-state index is 0.352. The topological polar surface area (TPSA) is 34.1 Å². The zero-order chi connectivity index (χ0) is 9.97. The van der Waals surface area contributed by atoms with Crippen molar-refractivity contribution in [3.63, 3.8) is 0 Å². The molecule has 2 heterocycles. The number of hydrogen-bond donors (Lipinski definition) is 0. The van der Waals surface area contributed by atoms with Crippen LogP contribution in [0.5, 0.6) is 0 Å². The minimum atomic E-state index is 0.352. The molecule has 0 radical (unpaired) electrons. The van der Waals surface area contributed by atoms with E-state index < -0.39 is 0 Å². The van der Waals surface area contributed by atoms with Crippen LogP contribution in [0.1, 0.15) is 38.5 Å². The average Bonchev–Trinajstić information content (AvgIpc) is 2.72. The van der Waals surface area contributed by atoms with Gasteiger partial charge in [0.2, 0.25) is 0 Å². The summed E-state index contributed by atoms with van der Waals surface area (Å²) in [5.74, 6) is 0. The van der Waals surface area contributed by atoms with Crippen molar-refractivity contribution < 1.29 is 9.59 Å². The lowest BCUT2D eigenvalue weighted by atomic mass is 10.1. The molecule has 0 saturated carbocycles. The van der Waals surface area contributed by atoms with E-state index in [0.717, 1.165) is 38.5 Å². The van der Waals surface area contributed by atoms with E-state index >= 15 is 0 Å². The first-order valence-electron chi connectivity index (χ1n) is 5.13. The first-order chi connectivity index (χ1) is 6.74. The molecule has 14 heavy (non-hydrogen) atoms. The Hall–Kier alpha value is 0.0400. The molecule has 2 saturated heterocycles. The molecule has 0 aromatic rings. The number of thioether (sulfide) groups is 2. The molecule has 0 aromatic heterocycles. The van der Waals surface area contributed by atoms with Crippen molar-refractivity contribution in [1.82, 2.24) is 0 Å². The van der Waals surface area contributed by atoms with Gasteiger partial charge in [-0.1, -0.05) is 23.5 Å². The van der Waals surface area contributed by atoms with Crippen molar-refractivity contribution in [1.29, 1.82) is 0 Å². The minimum Gasteiger partial charge on any atom is -0.287 e. The fraction of sp³-hybridized carbons (Fsp3) is 0.800. The molecule has 2 unspecified atom stereocenters. The van der Waals surface area contributed by atoms with Crippen LogP contribution in [-0.2, 0) is 9.59 Å². The third-order valence-corrected chi connectivity index (χ3v) is 5.29. The predicted octanol–water partition coefficient (Wildman–Crippen LogP) is 2.61. The Bertz CT molecular complexity index is 227. The molecule has 2 nitrogen and oxygen atoms in total. The quantitative estimate of drug-likeness (QED) is 0.746. The molecule has 0 amide bonds. The Morgan fingerprint density at radius 1 is 0.929 bits per heavy atom. The summed E-state index contributed by atoms with van der Waals surface area (Å²) in [6, 6.07) is 0. The van der Waals surface area contributed by atoms with Gasteiger partial charge in [0.25, 0.3) is 0 Å². The summed E-state index contributed by atoms with van der Waals surface area (Å²) < 4.78 is 0. The third kappa shape index (κ3) is 2.76. The van der Waals surface area contributed by atoms with Gasteiger partial charge in [0, 0.05) is 23.3 Å². The number of carbonyl (C=O) groups excluding carboxylic acids is 2. The van der Waals surface area contributed by atoms with Gasteiger partial charge in [-0.2, -0.15) is 0 Å². The van der Waals surface area contributed by atoms with E-state index in [9.17, 15) is 9.59 Å². The highest BCUT2D eigenvalue weighted by Gasteiger charge is 2.27. The summed E-state index contributed by atoms with van der Waals surface area (Å²) in [6.45, 7) is 0. The number of rotatable bonds is 3. The number of carbonyl (C=O) groups is 2. The zero-order valence-corrected chi connectivity index (χ0v) is 9.66. The van der Waals surface area contributed by atoms with Crippen LogP contribution in [0.2, 0.25) is 0 Å². The second-order valence-corrected chi connectivity index (χ2v) is 6.59. The van der Waals surface area contributed by atoms with E-state index in [-0.39, 0.29) is 0 Å². The molecule has 2 atom stereocenters. The standard InChI is InChI=1S/C10H14O2S2/c11-9-5-3-7(13-9)1-2-8-4-6-10(12)14-8/h7-8H,1-6H2. The summed E-state index contributed by atoms with van der Waals surface area (Å²) >= 11 is 3.03. The summed E-state index contributed by atoms with van der Waals surface area (Å²) in [6.07, 6.45) is 5.84. The van der Waals surface area contributed by atoms with Gasteiger partial charge in [0.1, 0.15) is 0 Å². The highest BCUT2D eigenvalue weighted by atomic mass is 32.2. The van der Waals surface area contributed by atoms with Crippen molar-refractivity contribution >= 4 is 33.8 Å². The van der Waals surface area contributed by atoms with Crippen LogP contribution in [0.15, 0.2) is 0 Å². The summed E-state index contributed by atoms with van der Waals surface area (Å²) in [7, 11) is 0. The van der Waals surface area contributed by atoms with Crippen LogP contribution < -0.4 is 0 Å². The fourth-order valence-electron chi connectivity index (χ4n) is 1.94. The van der Waals surface area contributed by atoms with Gasteiger partial charge in [-0.3, -0.25) is 9.59 Å². The summed E-state index contributed by atoms with van der Waals surface area (Å²) in [4.78, 5) is 22.0. The lowest BCUT2D eigenvalue weighted by Crippen LogP contribution is -2.03. The van der Waals surface area contributed by atoms with Crippen LogP contribution in [0.3, 0.4) is 0 Å². The van der Waals surface area contributed by atoms with E-state index in [1.165, 1.54) is 23.5 Å². The van der Waals surface area contributed by atoms with Crippen LogP contribution in [0.4, 0.5) is 0 Å². The highest BCUT2D eigenvalue weighted by molar-refractivity contribution is 8.14. The molecule has 78 valence electrons. The van der Waals surface area contributed by atoms with Crippen molar-refractivity contribution in [3.8, 4) is 0 Å². The lowest BCUT2D eigenvalue weighted by Gasteiger charge is -2.10. The maximum atomic E-state index is 11.0. The molecule has 2 aliphatic heterocycles. The van der Waals surface area contributed by atoms with Crippen LogP contribution in [0, 0.1) is 0 Å². The molecule has 0 spiro atoms. The van der Waals surface area contributed by atoms with Gasteiger partial charge in [-0.05, 0) is 25.7 Å². The third-order valence-electron chi connectivity index (χ3n) is 2.75. The van der Waals surface area contributed by atoms with Crippen LogP contribution in [0.25, 0.3) is 0 Å². The molecule has 0 aromatic carbocycles. The van der Waals surface area contributed by atoms with E-state index in [1.807, 2.05) is 0 Å². The van der Waals surface area contributed by atoms with Gasteiger partial charge >= 0.3 is 0 Å². The van der Waals surface area contributed by atoms with Gasteiger partial charge in [0.15, 0.2) is 10.2 Å². The van der Waals surface area contributed by atoms with E-state index in [1.54, 1.807) is 0 Å². The normalized spacial score (nSPS) is 32.9. The molecule has 2 fully saturated rings. The Morgan fingerprint density at radius 3 is 1.64 bits per heavy atom. The maximum absolute atomic E-state index is 11.0. The van der Waals surface area contributed by atoms with Gasteiger partial charge in [-0.25, -0.2) is 0 Å². The van der Waals surface area contributed by atoms with Crippen molar-refractivity contribution in [2.45, 2.75) is 49.0 Å². The van der Waals surface area contributed by atoms with Gasteiger partial charge in [-0.15, -0.1) is 0 Å². The number of hydrogen-bond acceptors (Lipinski definition) is 4. The highest BCUT2D eigenvalue weighted by Crippen LogP contribution is 2.36. The van der Waals surface area contributed by atoms with E-state index in [0.29, 0.717) is 20.7 Å². The Morgan fingerprint density at radius 2 is 1.36 bits per heavy atom. The molecule has 0 aliphatic carbocycles. The van der Waals surface area contributed by atoms with E-state index in [2.05, 4.69) is 0 Å². The van der Waals surface area contributed by atoms with Crippen molar-refractivity contribution in [2.75, 3.05) is 0 Å². The monoisotopic (exact) mass is 230 g/mol. The molecular formula is C10H14O2S2. The van der Waals surface area contributed by atoms with E-state index in [4.69, 9.17) is 0 Å². The molecule has 4 heteroatoms. The first kappa shape index (κ1) is 10.6. The molecular weight excluding hydrogens is 216 g/mol. The molecule has 0 N–H and O–H groups in total. The summed E-state index contributed by atoms with van der Waals surface area (Å²) in [5, 5.41) is 1.79. The predicted molar refractivity (Wildman–Crippen MR) is 60.5 cm³/mol. The smallest absolute Gasteiger partial charge is 0.189 e. The van der Waals surface area contributed by atoms with Crippen molar-refractivity contribution in [3.05, 3.63) is 0 Å². The maximum Gasteiger partial charge on any atom is 0.189 e. The molecule has 0 bridgehead atoms. The second kappa shape index (κ2) is 4.71. The fourth-order valence-corrected chi connectivity index (χ4v) is 4.14. The Kier molecular flexibility index (Phi) is 3.55. The Labute approximate surface area is 92.6 Å². The largest absolute Gasteiger partial charge is 0.287 e. The second-order valence-electron chi connectivity index (χ2n) is 3.88. The van der Waals surface area contributed by atoms with Gasteiger partial charge in [0.05, 0.1) is 0 Å². The van der Waals surface area contributed by atoms with Crippen LogP contribution in [-0.4, -0.2) is 20.7 Å². The average molecular weight is 230 g/mol. The SMILES string of the molecule is O=C1CCC(CCC2CCC(=O)S2)S1. The van der Waals surface area contributed by atoms with Crippen LogP contribution >= 0.6 is 23.5 Å². The molecule has 2 rings (SSSR count). The lowest BCUT2D eigenvalue weighted by molar-refractivity contribution is -0.111.